The molecule has 1 amide bonds. The molecule has 3 aromatic rings. The van der Waals surface area contributed by atoms with Crippen LogP contribution in [0.25, 0.3) is 9.88 Å². The van der Waals surface area contributed by atoms with Gasteiger partial charge in [0.2, 0.25) is 5.91 Å². The van der Waals surface area contributed by atoms with Gasteiger partial charge in [-0.3, -0.25) is 4.79 Å². The van der Waals surface area contributed by atoms with E-state index in [0.717, 1.165) is 25.6 Å². The Balaban J connectivity index is 1.44. The standard InChI is InChI=1S/C18H15BrF2N2O2S2/c19-12-7-15(26-9-12)17-23-13(10-27-17)8-16(24)22-6-5-11-1-3-14(4-2-11)25-18(20)21/h1-4,7,9-10,18H,5-6,8H2,(H,22,24). The lowest BCUT2D eigenvalue weighted by Gasteiger charge is -2.07. The molecule has 9 heteroatoms. The van der Waals surface area contributed by atoms with Crippen LogP contribution in [-0.2, 0) is 17.6 Å². The maximum atomic E-state index is 12.1. The molecule has 0 aliphatic rings. The van der Waals surface area contributed by atoms with Crippen molar-refractivity contribution in [1.82, 2.24) is 10.3 Å². The zero-order chi connectivity index (χ0) is 19.2. The fourth-order valence-electron chi connectivity index (χ4n) is 2.34. The van der Waals surface area contributed by atoms with E-state index in [-0.39, 0.29) is 18.1 Å². The molecular formula is C18H15BrF2N2O2S2. The minimum Gasteiger partial charge on any atom is -0.435 e. The average Bonchev–Trinajstić information content (AvgIpc) is 3.25. The summed E-state index contributed by atoms with van der Waals surface area (Å²) in [6, 6.07) is 8.39. The van der Waals surface area contributed by atoms with Crippen LogP contribution >= 0.6 is 38.6 Å². The molecule has 2 heterocycles. The number of carbonyl (C=O) groups excluding carboxylic acids is 1. The highest BCUT2D eigenvalue weighted by atomic mass is 79.9. The highest BCUT2D eigenvalue weighted by Gasteiger charge is 2.10. The summed E-state index contributed by atoms with van der Waals surface area (Å²) in [6.07, 6.45) is 0.830. The van der Waals surface area contributed by atoms with E-state index < -0.39 is 6.61 Å². The summed E-state index contributed by atoms with van der Waals surface area (Å²) < 4.78 is 29.6. The molecule has 0 spiro atoms. The van der Waals surface area contributed by atoms with E-state index in [1.807, 2.05) is 16.8 Å². The van der Waals surface area contributed by atoms with Gasteiger partial charge in [0.05, 0.1) is 17.0 Å². The molecule has 0 unspecified atom stereocenters. The van der Waals surface area contributed by atoms with Gasteiger partial charge in [-0.05, 0) is 46.1 Å². The third-order valence-corrected chi connectivity index (χ3v) is 6.31. The number of ether oxygens (including phenoxy) is 1. The van der Waals surface area contributed by atoms with Gasteiger partial charge >= 0.3 is 6.61 Å². The van der Waals surface area contributed by atoms with Crippen molar-refractivity contribution in [3.8, 4) is 15.6 Å². The number of nitrogens with one attached hydrogen (secondary N) is 1. The molecule has 0 saturated heterocycles. The number of carbonyl (C=O) groups is 1. The van der Waals surface area contributed by atoms with Gasteiger partial charge in [-0.25, -0.2) is 4.98 Å². The van der Waals surface area contributed by atoms with Crippen molar-refractivity contribution in [1.29, 1.82) is 0 Å². The van der Waals surface area contributed by atoms with Crippen LogP contribution < -0.4 is 10.1 Å². The van der Waals surface area contributed by atoms with Crippen LogP contribution in [0, 0.1) is 0 Å². The molecular weight excluding hydrogens is 458 g/mol. The summed E-state index contributed by atoms with van der Waals surface area (Å²) in [5, 5.41) is 7.64. The second kappa shape index (κ2) is 9.38. The van der Waals surface area contributed by atoms with Crippen molar-refractivity contribution in [2.24, 2.45) is 0 Å². The summed E-state index contributed by atoms with van der Waals surface area (Å²) in [4.78, 5) is 17.6. The van der Waals surface area contributed by atoms with E-state index in [2.05, 4.69) is 31.0 Å². The number of halogens is 3. The highest BCUT2D eigenvalue weighted by Crippen LogP contribution is 2.32. The lowest BCUT2D eigenvalue weighted by Crippen LogP contribution is -2.27. The van der Waals surface area contributed by atoms with E-state index >= 15 is 0 Å². The molecule has 0 radical (unpaired) electrons. The van der Waals surface area contributed by atoms with Gasteiger partial charge in [0.1, 0.15) is 10.8 Å². The normalized spacial score (nSPS) is 11.0. The first kappa shape index (κ1) is 19.9. The summed E-state index contributed by atoms with van der Waals surface area (Å²) in [5.74, 6) is 0.0201. The Morgan fingerprint density at radius 1 is 1.22 bits per heavy atom. The Bertz CT molecular complexity index is 897. The molecule has 0 aliphatic carbocycles. The number of alkyl halides is 2. The van der Waals surface area contributed by atoms with Crippen LogP contribution in [-0.4, -0.2) is 24.0 Å². The number of rotatable bonds is 8. The summed E-state index contributed by atoms with van der Waals surface area (Å²) >= 11 is 6.54. The quantitative estimate of drug-likeness (QED) is 0.493. The maximum Gasteiger partial charge on any atom is 0.387 e. The fourth-order valence-corrected chi connectivity index (χ4v) is 4.66. The zero-order valence-electron chi connectivity index (χ0n) is 14.0. The molecule has 0 saturated carbocycles. The van der Waals surface area contributed by atoms with Crippen LogP contribution in [0.15, 0.2) is 45.6 Å². The van der Waals surface area contributed by atoms with E-state index in [4.69, 9.17) is 0 Å². The molecule has 1 N–H and O–H groups in total. The predicted molar refractivity (Wildman–Crippen MR) is 107 cm³/mol. The molecule has 0 fully saturated rings. The van der Waals surface area contributed by atoms with E-state index in [1.54, 1.807) is 23.5 Å². The monoisotopic (exact) mass is 472 g/mol. The third-order valence-electron chi connectivity index (χ3n) is 3.56. The van der Waals surface area contributed by atoms with Crippen LogP contribution in [0.4, 0.5) is 8.78 Å². The van der Waals surface area contributed by atoms with Gasteiger partial charge in [0.25, 0.3) is 0 Å². The lowest BCUT2D eigenvalue weighted by atomic mass is 10.1. The van der Waals surface area contributed by atoms with Crippen molar-refractivity contribution in [2.45, 2.75) is 19.5 Å². The SMILES string of the molecule is O=C(Cc1csc(-c2cc(Br)cs2)n1)NCCc1ccc(OC(F)F)cc1. The minimum atomic E-state index is -2.83. The largest absolute Gasteiger partial charge is 0.435 e. The van der Waals surface area contributed by atoms with Gasteiger partial charge in [-0.1, -0.05) is 12.1 Å². The highest BCUT2D eigenvalue weighted by molar-refractivity contribution is 9.10. The number of benzene rings is 1. The van der Waals surface area contributed by atoms with Crippen molar-refractivity contribution < 1.29 is 18.3 Å². The van der Waals surface area contributed by atoms with Crippen LogP contribution in [0.2, 0.25) is 0 Å². The Hall–Kier alpha value is -1.84. The van der Waals surface area contributed by atoms with E-state index in [1.165, 1.54) is 23.5 Å². The van der Waals surface area contributed by atoms with E-state index in [9.17, 15) is 13.6 Å². The fraction of sp³-hybridized carbons (Fsp3) is 0.222. The number of nitrogens with zero attached hydrogens (tertiary/aromatic N) is 1. The third kappa shape index (κ3) is 6.08. The van der Waals surface area contributed by atoms with Crippen molar-refractivity contribution in [3.63, 3.8) is 0 Å². The van der Waals surface area contributed by atoms with Crippen molar-refractivity contribution in [3.05, 3.63) is 56.8 Å². The van der Waals surface area contributed by atoms with Gasteiger partial charge in [-0.15, -0.1) is 22.7 Å². The Kier molecular flexibility index (Phi) is 6.92. The smallest absolute Gasteiger partial charge is 0.387 e. The van der Waals surface area contributed by atoms with Gasteiger partial charge in [-0.2, -0.15) is 8.78 Å². The molecule has 3 rings (SSSR count). The first-order valence-corrected chi connectivity index (χ1v) is 10.5. The number of aromatic nitrogens is 1. The Labute approximate surface area is 171 Å². The minimum absolute atomic E-state index is 0.100. The van der Waals surface area contributed by atoms with Crippen LogP contribution in [0.1, 0.15) is 11.3 Å². The first-order chi connectivity index (χ1) is 13.0. The van der Waals surface area contributed by atoms with Gasteiger partial charge < -0.3 is 10.1 Å². The van der Waals surface area contributed by atoms with Crippen molar-refractivity contribution in [2.75, 3.05) is 6.54 Å². The van der Waals surface area contributed by atoms with Crippen molar-refractivity contribution >= 4 is 44.5 Å². The van der Waals surface area contributed by atoms with E-state index in [0.29, 0.717) is 13.0 Å². The number of thiophene rings is 1. The molecule has 27 heavy (non-hydrogen) atoms. The Morgan fingerprint density at radius 3 is 2.67 bits per heavy atom. The zero-order valence-corrected chi connectivity index (χ0v) is 17.2. The summed E-state index contributed by atoms with van der Waals surface area (Å²) in [7, 11) is 0. The van der Waals surface area contributed by atoms with Crippen LogP contribution in [0.5, 0.6) is 5.75 Å². The number of hydrogen-bond donors (Lipinski definition) is 1. The molecule has 0 atom stereocenters. The van der Waals surface area contributed by atoms with Gasteiger partial charge in [0.15, 0.2) is 0 Å². The topological polar surface area (TPSA) is 51.2 Å². The number of hydrogen-bond acceptors (Lipinski definition) is 5. The van der Waals surface area contributed by atoms with Crippen LogP contribution in [0.3, 0.4) is 0 Å². The molecule has 4 nitrogen and oxygen atoms in total. The number of amides is 1. The number of thiazole rings is 1. The second-order valence-electron chi connectivity index (χ2n) is 5.57. The molecule has 2 aromatic heterocycles. The van der Waals surface area contributed by atoms with Gasteiger partial charge in [0, 0.05) is 21.8 Å². The molecule has 142 valence electrons. The predicted octanol–water partition coefficient (Wildman–Crippen LogP) is 5.14. The summed E-state index contributed by atoms with van der Waals surface area (Å²) in [6.45, 7) is -2.37. The second-order valence-corrected chi connectivity index (χ2v) is 8.26. The summed E-state index contributed by atoms with van der Waals surface area (Å²) in [5.41, 5.74) is 1.67. The lowest BCUT2D eigenvalue weighted by molar-refractivity contribution is -0.120. The molecule has 0 bridgehead atoms. The first-order valence-electron chi connectivity index (χ1n) is 7.99. The molecule has 0 aliphatic heterocycles. The average molecular weight is 473 g/mol. The Morgan fingerprint density at radius 2 is 2.00 bits per heavy atom. The maximum absolute atomic E-state index is 12.1. The molecule has 1 aromatic carbocycles.